The first-order valence-electron chi connectivity index (χ1n) is 7.82. The Kier molecular flexibility index (Phi) is 5.17. The zero-order valence-electron chi connectivity index (χ0n) is 13.2. The van der Waals surface area contributed by atoms with E-state index in [2.05, 4.69) is 32.2 Å². The molecule has 21 heavy (non-hydrogen) atoms. The van der Waals surface area contributed by atoms with Gasteiger partial charge in [0.1, 0.15) is 6.04 Å². The van der Waals surface area contributed by atoms with E-state index in [1.165, 1.54) is 12.8 Å². The minimum atomic E-state index is -0.121. The van der Waals surface area contributed by atoms with Crippen LogP contribution in [0.2, 0.25) is 5.02 Å². The van der Waals surface area contributed by atoms with Crippen LogP contribution in [-0.2, 0) is 0 Å². The van der Waals surface area contributed by atoms with E-state index in [1.54, 1.807) is 0 Å². The van der Waals surface area contributed by atoms with Crippen LogP contribution < -0.4 is 5.32 Å². The van der Waals surface area contributed by atoms with Crippen molar-refractivity contribution >= 4 is 17.3 Å². The summed E-state index contributed by atoms with van der Waals surface area (Å²) in [4.78, 5) is 0. The van der Waals surface area contributed by atoms with Gasteiger partial charge in [0.25, 0.3) is 0 Å². The molecule has 0 aliphatic heterocycles. The van der Waals surface area contributed by atoms with Gasteiger partial charge in [0.05, 0.1) is 6.07 Å². The maximum atomic E-state index is 9.49. The maximum absolute atomic E-state index is 9.49. The summed E-state index contributed by atoms with van der Waals surface area (Å²) in [7, 11) is 0. The van der Waals surface area contributed by atoms with Crippen molar-refractivity contribution in [2.75, 3.05) is 5.32 Å². The van der Waals surface area contributed by atoms with Crippen molar-refractivity contribution in [3.63, 3.8) is 0 Å². The van der Waals surface area contributed by atoms with Crippen LogP contribution in [0.4, 0.5) is 5.69 Å². The van der Waals surface area contributed by atoms with Crippen LogP contribution in [0.25, 0.3) is 0 Å². The molecule has 0 bridgehead atoms. The Bertz CT molecular complexity index is 505. The van der Waals surface area contributed by atoms with E-state index in [0.717, 1.165) is 24.4 Å². The molecule has 1 fully saturated rings. The van der Waals surface area contributed by atoms with Gasteiger partial charge in [-0.1, -0.05) is 38.4 Å². The molecule has 0 saturated heterocycles. The van der Waals surface area contributed by atoms with Gasteiger partial charge in [0, 0.05) is 10.7 Å². The molecular formula is C18H25ClN2. The van der Waals surface area contributed by atoms with Crippen molar-refractivity contribution in [2.24, 2.45) is 17.3 Å². The molecule has 1 aromatic rings. The third kappa shape index (κ3) is 4.38. The molecule has 0 amide bonds. The first-order chi connectivity index (χ1) is 9.90. The molecule has 1 aromatic carbocycles. The number of anilines is 1. The lowest BCUT2D eigenvalue weighted by Crippen LogP contribution is -2.34. The number of benzene rings is 1. The molecule has 1 aliphatic rings. The van der Waals surface area contributed by atoms with Crippen LogP contribution >= 0.6 is 11.6 Å². The highest BCUT2D eigenvalue weighted by molar-refractivity contribution is 6.30. The van der Waals surface area contributed by atoms with Crippen molar-refractivity contribution in [3.05, 3.63) is 29.3 Å². The lowest BCUT2D eigenvalue weighted by Gasteiger charge is -2.38. The maximum Gasteiger partial charge on any atom is 0.117 e. The third-order valence-corrected chi connectivity index (χ3v) is 4.99. The molecule has 3 heteroatoms. The third-order valence-electron chi connectivity index (χ3n) is 4.75. The molecular weight excluding hydrogens is 280 g/mol. The highest BCUT2D eigenvalue weighted by atomic mass is 35.5. The van der Waals surface area contributed by atoms with Gasteiger partial charge in [-0.3, -0.25) is 0 Å². The van der Waals surface area contributed by atoms with Crippen molar-refractivity contribution in [3.8, 4) is 6.07 Å². The van der Waals surface area contributed by atoms with Crippen LogP contribution in [0, 0.1) is 28.6 Å². The Labute approximate surface area is 133 Å². The summed E-state index contributed by atoms with van der Waals surface area (Å²) >= 11 is 6.00. The van der Waals surface area contributed by atoms with Crippen molar-refractivity contribution < 1.29 is 0 Å². The van der Waals surface area contributed by atoms with E-state index < -0.39 is 0 Å². The Balaban J connectivity index is 1.96. The predicted molar refractivity (Wildman–Crippen MR) is 89.4 cm³/mol. The van der Waals surface area contributed by atoms with Crippen LogP contribution in [0.3, 0.4) is 0 Å². The minimum Gasteiger partial charge on any atom is -0.370 e. The zero-order valence-corrected chi connectivity index (χ0v) is 14.0. The number of hydrogen-bond donors (Lipinski definition) is 1. The Hall–Kier alpha value is -1.20. The van der Waals surface area contributed by atoms with Crippen LogP contribution in [-0.4, -0.2) is 6.04 Å². The topological polar surface area (TPSA) is 35.8 Å². The average molecular weight is 305 g/mol. The van der Waals surface area contributed by atoms with Gasteiger partial charge in [-0.05, 0) is 61.1 Å². The fourth-order valence-corrected chi connectivity index (χ4v) is 3.52. The van der Waals surface area contributed by atoms with E-state index in [-0.39, 0.29) is 6.04 Å². The second-order valence-corrected chi connectivity index (χ2v) is 7.68. The summed E-state index contributed by atoms with van der Waals surface area (Å²) in [5, 5.41) is 13.5. The lowest BCUT2D eigenvalue weighted by atomic mass is 9.68. The van der Waals surface area contributed by atoms with Crippen molar-refractivity contribution in [2.45, 2.75) is 52.5 Å². The number of nitriles is 1. The van der Waals surface area contributed by atoms with Gasteiger partial charge in [0.15, 0.2) is 0 Å². The molecule has 1 saturated carbocycles. The molecule has 0 aromatic heterocycles. The molecule has 2 nitrogen and oxygen atoms in total. The summed E-state index contributed by atoms with van der Waals surface area (Å²) in [6.45, 7) is 6.97. The first-order valence-corrected chi connectivity index (χ1v) is 8.19. The highest BCUT2D eigenvalue weighted by Gasteiger charge is 2.32. The second kappa shape index (κ2) is 6.71. The molecule has 0 radical (unpaired) electrons. The number of halogens is 1. The number of nitrogens with zero attached hydrogens (tertiary/aromatic N) is 1. The summed E-state index contributed by atoms with van der Waals surface area (Å²) in [5.41, 5.74) is 1.32. The predicted octanol–water partition coefficient (Wildman–Crippen LogP) is 5.50. The molecule has 2 rings (SSSR count). The first kappa shape index (κ1) is 16.2. The van der Waals surface area contributed by atoms with Crippen molar-refractivity contribution in [1.82, 2.24) is 0 Å². The smallest absolute Gasteiger partial charge is 0.117 e. The van der Waals surface area contributed by atoms with Crippen LogP contribution in [0.5, 0.6) is 0 Å². The molecule has 1 unspecified atom stereocenters. The molecule has 0 heterocycles. The van der Waals surface area contributed by atoms with Gasteiger partial charge in [-0.15, -0.1) is 0 Å². The Morgan fingerprint density at radius 1 is 1.24 bits per heavy atom. The number of rotatable bonds is 3. The van der Waals surface area contributed by atoms with Gasteiger partial charge < -0.3 is 5.32 Å². The van der Waals surface area contributed by atoms with Crippen molar-refractivity contribution in [1.29, 1.82) is 5.26 Å². The van der Waals surface area contributed by atoms with E-state index in [4.69, 9.17) is 11.6 Å². The fraction of sp³-hybridized carbons (Fsp3) is 0.611. The van der Waals surface area contributed by atoms with E-state index in [1.807, 2.05) is 24.3 Å². The van der Waals surface area contributed by atoms with Gasteiger partial charge in [-0.25, -0.2) is 0 Å². The SMILES string of the molecule is CC(C)(C)C1CCC(C(C#N)Nc2cccc(Cl)c2)CC1. The van der Waals surface area contributed by atoms with E-state index in [9.17, 15) is 5.26 Å². The van der Waals surface area contributed by atoms with Crippen LogP contribution in [0.1, 0.15) is 46.5 Å². The van der Waals surface area contributed by atoms with E-state index >= 15 is 0 Å². The molecule has 1 aliphatic carbocycles. The fourth-order valence-electron chi connectivity index (χ4n) is 3.33. The molecule has 114 valence electrons. The highest BCUT2D eigenvalue weighted by Crippen LogP contribution is 2.41. The Morgan fingerprint density at radius 3 is 2.43 bits per heavy atom. The molecule has 1 N–H and O–H groups in total. The quantitative estimate of drug-likeness (QED) is 0.800. The molecule has 0 spiro atoms. The van der Waals surface area contributed by atoms with Gasteiger partial charge >= 0.3 is 0 Å². The van der Waals surface area contributed by atoms with Crippen LogP contribution in [0.15, 0.2) is 24.3 Å². The monoisotopic (exact) mass is 304 g/mol. The summed E-state index contributed by atoms with van der Waals surface area (Å²) in [5.74, 6) is 1.21. The molecule has 1 atom stereocenters. The van der Waals surface area contributed by atoms with Gasteiger partial charge in [-0.2, -0.15) is 5.26 Å². The minimum absolute atomic E-state index is 0.121. The normalized spacial score (nSPS) is 24.1. The standard InChI is InChI=1S/C18H25ClN2/c1-18(2,3)14-9-7-13(8-10-14)17(12-20)21-16-6-4-5-15(19)11-16/h4-6,11,13-14,17,21H,7-10H2,1-3H3. The van der Waals surface area contributed by atoms with Gasteiger partial charge in [0.2, 0.25) is 0 Å². The second-order valence-electron chi connectivity index (χ2n) is 7.24. The average Bonchev–Trinajstić information content (AvgIpc) is 2.44. The largest absolute Gasteiger partial charge is 0.370 e. The lowest BCUT2D eigenvalue weighted by molar-refractivity contribution is 0.148. The Morgan fingerprint density at radius 2 is 1.90 bits per heavy atom. The summed E-state index contributed by atoms with van der Waals surface area (Å²) in [6, 6.07) is 9.93. The van der Waals surface area contributed by atoms with E-state index in [0.29, 0.717) is 16.4 Å². The number of hydrogen-bond acceptors (Lipinski definition) is 2. The zero-order chi connectivity index (χ0) is 15.5. The summed E-state index contributed by atoms with van der Waals surface area (Å²) in [6.07, 6.45) is 4.72. The summed E-state index contributed by atoms with van der Waals surface area (Å²) < 4.78 is 0. The number of nitrogens with one attached hydrogen (secondary N) is 1.